The van der Waals surface area contributed by atoms with E-state index in [4.69, 9.17) is 0 Å². The van der Waals surface area contributed by atoms with Gasteiger partial charge in [0.25, 0.3) is 0 Å². The van der Waals surface area contributed by atoms with E-state index in [9.17, 15) is 4.79 Å². The minimum absolute atomic E-state index is 0.0583. The Balaban J connectivity index is 1.68. The molecule has 5 nitrogen and oxygen atoms in total. The number of amides is 1. The van der Waals surface area contributed by atoms with E-state index in [2.05, 4.69) is 20.6 Å². The quantitative estimate of drug-likeness (QED) is 0.698. The van der Waals surface area contributed by atoms with Gasteiger partial charge >= 0.3 is 0 Å². The van der Waals surface area contributed by atoms with Gasteiger partial charge in [0.1, 0.15) is 6.04 Å². The van der Waals surface area contributed by atoms with E-state index < -0.39 is 6.04 Å². The SMILES string of the molecule is O=C(NCc1ccncc1)[C@H](NCc1ccncc1)c1ccccc1. The Kier molecular flexibility index (Phi) is 5.85. The van der Waals surface area contributed by atoms with E-state index in [-0.39, 0.29) is 5.91 Å². The van der Waals surface area contributed by atoms with Crippen LogP contribution in [0.15, 0.2) is 79.4 Å². The molecule has 0 bridgehead atoms. The van der Waals surface area contributed by atoms with Crippen LogP contribution in [0.3, 0.4) is 0 Å². The summed E-state index contributed by atoms with van der Waals surface area (Å²) in [5.74, 6) is -0.0583. The molecule has 126 valence electrons. The van der Waals surface area contributed by atoms with Gasteiger partial charge in [0, 0.05) is 37.9 Å². The van der Waals surface area contributed by atoms with Crippen LogP contribution in [-0.2, 0) is 17.9 Å². The van der Waals surface area contributed by atoms with Crippen LogP contribution < -0.4 is 10.6 Å². The van der Waals surface area contributed by atoms with Crippen molar-refractivity contribution in [2.45, 2.75) is 19.1 Å². The fourth-order valence-corrected chi connectivity index (χ4v) is 2.52. The van der Waals surface area contributed by atoms with Crippen LogP contribution in [0.1, 0.15) is 22.7 Å². The number of carbonyl (C=O) groups is 1. The predicted molar refractivity (Wildman–Crippen MR) is 96.3 cm³/mol. The van der Waals surface area contributed by atoms with Gasteiger partial charge in [-0.1, -0.05) is 30.3 Å². The van der Waals surface area contributed by atoms with E-state index in [1.165, 1.54) is 0 Å². The standard InChI is InChI=1S/C20H20N4O/c25-20(24-15-17-8-12-22-13-9-17)19(18-4-2-1-3-5-18)23-14-16-6-10-21-11-7-16/h1-13,19,23H,14-15H2,(H,24,25)/t19-/m1/s1. The molecule has 0 saturated carbocycles. The van der Waals surface area contributed by atoms with Crippen molar-refractivity contribution in [2.24, 2.45) is 0 Å². The van der Waals surface area contributed by atoms with Gasteiger partial charge in [0.2, 0.25) is 5.91 Å². The van der Waals surface area contributed by atoms with Gasteiger partial charge in [-0.05, 0) is 41.0 Å². The molecule has 1 atom stereocenters. The van der Waals surface area contributed by atoms with Gasteiger partial charge in [-0.15, -0.1) is 0 Å². The number of nitrogens with one attached hydrogen (secondary N) is 2. The summed E-state index contributed by atoms with van der Waals surface area (Å²) in [6.07, 6.45) is 6.94. The Morgan fingerprint density at radius 1 is 0.800 bits per heavy atom. The summed E-state index contributed by atoms with van der Waals surface area (Å²) in [5.41, 5.74) is 3.03. The Morgan fingerprint density at radius 2 is 1.36 bits per heavy atom. The van der Waals surface area contributed by atoms with Crippen molar-refractivity contribution in [1.82, 2.24) is 20.6 Å². The lowest BCUT2D eigenvalue weighted by Crippen LogP contribution is -2.37. The summed E-state index contributed by atoms with van der Waals surface area (Å²) in [6, 6.07) is 17.0. The lowest BCUT2D eigenvalue weighted by molar-refractivity contribution is -0.123. The molecule has 2 aromatic heterocycles. The maximum atomic E-state index is 12.7. The molecule has 2 N–H and O–H groups in total. The van der Waals surface area contributed by atoms with Crippen LogP contribution in [0, 0.1) is 0 Å². The van der Waals surface area contributed by atoms with Gasteiger partial charge in [0.05, 0.1) is 0 Å². The summed E-state index contributed by atoms with van der Waals surface area (Å²) < 4.78 is 0. The van der Waals surface area contributed by atoms with Gasteiger partial charge < -0.3 is 5.32 Å². The first-order valence-electron chi connectivity index (χ1n) is 8.17. The summed E-state index contributed by atoms with van der Waals surface area (Å²) >= 11 is 0. The first kappa shape index (κ1) is 16.8. The normalized spacial score (nSPS) is 11.7. The maximum Gasteiger partial charge on any atom is 0.242 e. The van der Waals surface area contributed by atoms with Crippen molar-refractivity contribution in [1.29, 1.82) is 0 Å². The molecular formula is C20H20N4O. The topological polar surface area (TPSA) is 66.9 Å². The maximum absolute atomic E-state index is 12.7. The average Bonchev–Trinajstić information content (AvgIpc) is 2.69. The highest BCUT2D eigenvalue weighted by Gasteiger charge is 2.19. The Bertz CT molecular complexity index is 779. The smallest absolute Gasteiger partial charge is 0.242 e. The van der Waals surface area contributed by atoms with Crippen LogP contribution in [0.5, 0.6) is 0 Å². The number of hydrogen-bond acceptors (Lipinski definition) is 4. The van der Waals surface area contributed by atoms with Crippen LogP contribution >= 0.6 is 0 Å². The largest absolute Gasteiger partial charge is 0.350 e. The first-order chi connectivity index (χ1) is 12.3. The molecule has 0 radical (unpaired) electrons. The van der Waals surface area contributed by atoms with Gasteiger partial charge in [-0.25, -0.2) is 0 Å². The number of carbonyl (C=O) groups excluding carboxylic acids is 1. The lowest BCUT2D eigenvalue weighted by atomic mass is 10.1. The van der Waals surface area contributed by atoms with Crippen molar-refractivity contribution in [3.8, 4) is 0 Å². The third kappa shape index (κ3) is 4.96. The Hall–Kier alpha value is -3.05. The highest BCUT2D eigenvalue weighted by molar-refractivity contribution is 5.83. The van der Waals surface area contributed by atoms with Crippen LogP contribution in [-0.4, -0.2) is 15.9 Å². The number of pyridine rings is 2. The fourth-order valence-electron chi connectivity index (χ4n) is 2.52. The number of benzene rings is 1. The van der Waals surface area contributed by atoms with Gasteiger partial charge in [-0.3, -0.25) is 20.1 Å². The number of rotatable bonds is 7. The molecule has 3 rings (SSSR count). The predicted octanol–water partition coefficient (Wildman–Crippen LogP) is 2.62. The van der Waals surface area contributed by atoms with E-state index in [0.29, 0.717) is 13.1 Å². The monoisotopic (exact) mass is 332 g/mol. The summed E-state index contributed by atoms with van der Waals surface area (Å²) in [6.45, 7) is 1.06. The van der Waals surface area contributed by atoms with E-state index >= 15 is 0 Å². The van der Waals surface area contributed by atoms with Crippen LogP contribution in [0.2, 0.25) is 0 Å². The summed E-state index contributed by atoms with van der Waals surface area (Å²) in [5, 5.41) is 6.33. The molecule has 0 spiro atoms. The van der Waals surface area contributed by atoms with E-state index in [1.54, 1.807) is 24.8 Å². The molecule has 0 fully saturated rings. The lowest BCUT2D eigenvalue weighted by Gasteiger charge is -2.19. The molecule has 0 aliphatic rings. The molecule has 0 saturated heterocycles. The van der Waals surface area contributed by atoms with Crippen molar-refractivity contribution in [2.75, 3.05) is 0 Å². The molecular weight excluding hydrogens is 312 g/mol. The van der Waals surface area contributed by atoms with Gasteiger partial charge in [-0.2, -0.15) is 0 Å². The molecule has 5 heteroatoms. The average molecular weight is 332 g/mol. The van der Waals surface area contributed by atoms with Crippen molar-refractivity contribution >= 4 is 5.91 Å². The van der Waals surface area contributed by atoms with Crippen molar-refractivity contribution in [3.63, 3.8) is 0 Å². The minimum Gasteiger partial charge on any atom is -0.350 e. The Labute approximate surface area is 147 Å². The van der Waals surface area contributed by atoms with Crippen LogP contribution in [0.25, 0.3) is 0 Å². The molecule has 2 heterocycles. The van der Waals surface area contributed by atoms with Gasteiger partial charge in [0.15, 0.2) is 0 Å². The number of hydrogen-bond donors (Lipinski definition) is 2. The molecule has 0 unspecified atom stereocenters. The zero-order chi connectivity index (χ0) is 17.3. The second kappa shape index (κ2) is 8.70. The highest BCUT2D eigenvalue weighted by atomic mass is 16.2. The van der Waals surface area contributed by atoms with Crippen molar-refractivity contribution < 1.29 is 4.79 Å². The molecule has 1 aromatic carbocycles. The highest BCUT2D eigenvalue weighted by Crippen LogP contribution is 2.14. The number of aromatic nitrogens is 2. The zero-order valence-electron chi connectivity index (χ0n) is 13.8. The second-order valence-electron chi connectivity index (χ2n) is 5.65. The fraction of sp³-hybridized carbons (Fsp3) is 0.150. The molecule has 0 aliphatic carbocycles. The third-order valence-corrected chi connectivity index (χ3v) is 3.87. The second-order valence-corrected chi connectivity index (χ2v) is 5.65. The van der Waals surface area contributed by atoms with Crippen LogP contribution in [0.4, 0.5) is 0 Å². The summed E-state index contributed by atoms with van der Waals surface area (Å²) in [7, 11) is 0. The summed E-state index contributed by atoms with van der Waals surface area (Å²) in [4.78, 5) is 20.7. The molecule has 1 amide bonds. The first-order valence-corrected chi connectivity index (χ1v) is 8.17. The molecule has 3 aromatic rings. The Morgan fingerprint density at radius 3 is 1.96 bits per heavy atom. The zero-order valence-corrected chi connectivity index (χ0v) is 13.8. The molecule has 0 aliphatic heterocycles. The number of nitrogens with zero attached hydrogens (tertiary/aromatic N) is 2. The molecule has 25 heavy (non-hydrogen) atoms. The van der Waals surface area contributed by atoms with Crippen molar-refractivity contribution in [3.05, 3.63) is 96.1 Å². The van der Waals surface area contributed by atoms with E-state index in [1.807, 2.05) is 54.6 Å². The third-order valence-electron chi connectivity index (χ3n) is 3.87. The van der Waals surface area contributed by atoms with E-state index in [0.717, 1.165) is 16.7 Å². The minimum atomic E-state index is -0.420.